The van der Waals surface area contributed by atoms with Crippen molar-refractivity contribution < 1.29 is 4.79 Å². The molecule has 230 valence electrons. The molecule has 1 amide bonds. The fourth-order valence-corrected chi connectivity index (χ4v) is 6.68. The molecule has 0 unspecified atom stereocenters. The highest BCUT2D eigenvalue weighted by atomic mass is 35.5. The van der Waals surface area contributed by atoms with Crippen LogP contribution in [0.15, 0.2) is 66.0 Å². The summed E-state index contributed by atoms with van der Waals surface area (Å²) in [5.74, 6) is -0.281. The van der Waals surface area contributed by atoms with Crippen LogP contribution in [-0.2, 0) is 4.79 Å². The molecule has 1 aliphatic carbocycles. The van der Waals surface area contributed by atoms with Crippen LogP contribution in [0.4, 0.5) is 5.69 Å². The first-order valence-electron chi connectivity index (χ1n) is 14.9. The van der Waals surface area contributed by atoms with Crippen molar-refractivity contribution in [3.8, 4) is 28.1 Å². The van der Waals surface area contributed by atoms with Gasteiger partial charge in [-0.1, -0.05) is 53.4 Å². The number of aromatic nitrogens is 7. The molecule has 7 rings (SSSR count). The van der Waals surface area contributed by atoms with Crippen LogP contribution in [0.3, 0.4) is 0 Å². The van der Waals surface area contributed by atoms with Gasteiger partial charge in [0.1, 0.15) is 0 Å². The van der Waals surface area contributed by atoms with Crippen molar-refractivity contribution in [3.05, 3.63) is 92.4 Å². The van der Waals surface area contributed by atoms with E-state index < -0.39 is 6.04 Å². The molecule has 2 aliphatic rings. The quantitative estimate of drug-likeness (QED) is 0.215. The maximum Gasteiger partial charge on any atom is 0.251 e. The van der Waals surface area contributed by atoms with E-state index in [0.717, 1.165) is 36.2 Å². The SMILES string of the molecule is C[C@@H]1CCC[C@H](n2cc(Cl)c(-c3cc(Cl)ccc3-n3cc(Cl)nn3)cc2=O)c2cc(ccn2)-c2c(cnn2C2CCC2)NC1=O. The maximum absolute atomic E-state index is 13.9. The Hall–Kier alpha value is -3.99. The number of hydrogen-bond acceptors (Lipinski definition) is 6. The fourth-order valence-electron chi connectivity index (χ4n) is 6.12. The number of carbonyl (C=O) groups excluding carboxylic acids is 1. The molecule has 4 aromatic heterocycles. The number of anilines is 1. The van der Waals surface area contributed by atoms with Crippen molar-refractivity contribution in [1.82, 2.24) is 34.3 Å². The minimum atomic E-state index is -0.421. The number of benzene rings is 1. The molecule has 2 atom stereocenters. The van der Waals surface area contributed by atoms with Gasteiger partial charge in [0.2, 0.25) is 5.91 Å². The minimum Gasteiger partial charge on any atom is -0.323 e. The summed E-state index contributed by atoms with van der Waals surface area (Å²) in [6.07, 6.45) is 11.8. The largest absolute Gasteiger partial charge is 0.323 e. The molecule has 5 aromatic rings. The Labute approximate surface area is 273 Å². The van der Waals surface area contributed by atoms with Gasteiger partial charge in [0.15, 0.2) is 5.15 Å². The summed E-state index contributed by atoms with van der Waals surface area (Å²) in [5, 5.41) is 16.8. The van der Waals surface area contributed by atoms with Gasteiger partial charge in [-0.2, -0.15) is 5.10 Å². The smallest absolute Gasteiger partial charge is 0.251 e. The van der Waals surface area contributed by atoms with E-state index in [-0.39, 0.29) is 28.6 Å². The number of fused-ring (bicyclic) bond motifs is 4. The second-order valence-corrected chi connectivity index (χ2v) is 12.9. The highest BCUT2D eigenvalue weighted by molar-refractivity contribution is 6.34. The second kappa shape index (κ2) is 12.1. The third kappa shape index (κ3) is 5.67. The Morgan fingerprint density at radius 1 is 0.933 bits per heavy atom. The number of pyridine rings is 2. The number of nitrogens with one attached hydrogen (secondary N) is 1. The van der Waals surface area contributed by atoms with Crippen LogP contribution in [0.1, 0.15) is 63.2 Å². The Balaban J connectivity index is 1.34. The summed E-state index contributed by atoms with van der Waals surface area (Å²) in [7, 11) is 0. The van der Waals surface area contributed by atoms with Gasteiger partial charge in [-0.3, -0.25) is 19.3 Å². The molecule has 0 radical (unpaired) electrons. The van der Waals surface area contributed by atoms with Gasteiger partial charge in [0.05, 0.1) is 52.3 Å². The predicted molar refractivity (Wildman–Crippen MR) is 174 cm³/mol. The molecule has 5 heterocycles. The second-order valence-electron chi connectivity index (χ2n) is 11.7. The summed E-state index contributed by atoms with van der Waals surface area (Å²) < 4.78 is 5.17. The van der Waals surface area contributed by atoms with Crippen molar-refractivity contribution >= 4 is 46.4 Å². The molecule has 13 heteroatoms. The summed E-state index contributed by atoms with van der Waals surface area (Å²) in [4.78, 5) is 31.9. The lowest BCUT2D eigenvalue weighted by molar-refractivity contribution is -0.119. The highest BCUT2D eigenvalue weighted by Gasteiger charge is 2.28. The third-order valence-electron chi connectivity index (χ3n) is 8.76. The average Bonchev–Trinajstić information content (AvgIpc) is 3.61. The van der Waals surface area contributed by atoms with Crippen molar-refractivity contribution in [2.24, 2.45) is 5.92 Å². The summed E-state index contributed by atoms with van der Waals surface area (Å²) in [6.45, 7) is 1.92. The molecule has 2 bridgehead atoms. The number of nitrogens with zero attached hydrogens (tertiary/aromatic N) is 7. The standard InChI is InChI=1S/C32H29Cl3N8O2/c1-18-4-2-7-28(25-12-19(10-11-36-25)31-26(38-32(18)45)15-37-43(31)21-5-3-6-21)41-16-24(34)22(14-30(41)44)23-13-20(33)8-9-27(23)42-17-29(35)39-40-42/h8-18,21,28H,2-7H2,1H3,(H,38,45)/t18-,28+/m1/s1. The third-order valence-corrected chi connectivity index (χ3v) is 9.47. The van der Waals surface area contributed by atoms with Gasteiger partial charge in [-0.15, -0.1) is 5.10 Å². The van der Waals surface area contributed by atoms with Crippen molar-refractivity contribution in [2.45, 2.75) is 57.5 Å². The van der Waals surface area contributed by atoms with Crippen molar-refractivity contribution in [3.63, 3.8) is 0 Å². The number of amides is 1. The first kappa shape index (κ1) is 29.7. The average molecular weight is 664 g/mol. The number of rotatable bonds is 4. The number of carbonyl (C=O) groups is 1. The molecule has 1 N–H and O–H groups in total. The molecule has 0 saturated heterocycles. The van der Waals surface area contributed by atoms with Crippen LogP contribution in [0, 0.1) is 5.92 Å². The minimum absolute atomic E-state index is 0.0497. The summed E-state index contributed by atoms with van der Waals surface area (Å²) in [5.41, 5.74) is 4.60. The zero-order valence-electron chi connectivity index (χ0n) is 24.3. The first-order valence-corrected chi connectivity index (χ1v) is 16.0. The normalized spacial score (nSPS) is 18.8. The van der Waals surface area contributed by atoms with E-state index in [9.17, 15) is 9.59 Å². The molecule has 1 saturated carbocycles. The summed E-state index contributed by atoms with van der Waals surface area (Å²) >= 11 is 19.4. The van der Waals surface area contributed by atoms with Gasteiger partial charge in [-0.05, 0) is 62.4 Å². The van der Waals surface area contributed by atoms with Gasteiger partial charge in [0.25, 0.3) is 5.56 Å². The van der Waals surface area contributed by atoms with Gasteiger partial charge < -0.3 is 9.88 Å². The Morgan fingerprint density at radius 2 is 1.76 bits per heavy atom. The predicted octanol–water partition coefficient (Wildman–Crippen LogP) is 7.39. The van der Waals surface area contributed by atoms with Crippen molar-refractivity contribution in [1.29, 1.82) is 0 Å². The Kier molecular flexibility index (Phi) is 7.97. The number of halogens is 3. The van der Waals surface area contributed by atoms with Crippen LogP contribution >= 0.6 is 34.8 Å². The van der Waals surface area contributed by atoms with Crippen molar-refractivity contribution in [2.75, 3.05) is 5.32 Å². The highest BCUT2D eigenvalue weighted by Crippen LogP contribution is 2.40. The monoisotopic (exact) mass is 662 g/mol. The molecule has 0 spiro atoms. The van der Waals surface area contributed by atoms with Gasteiger partial charge in [0, 0.05) is 46.1 Å². The zero-order chi connectivity index (χ0) is 31.2. The van der Waals surface area contributed by atoms with E-state index in [1.54, 1.807) is 47.6 Å². The summed E-state index contributed by atoms with van der Waals surface area (Å²) in [6, 6.07) is 10.5. The molecular weight excluding hydrogens is 635 g/mol. The van der Waals surface area contributed by atoms with Crippen LogP contribution in [0.25, 0.3) is 28.1 Å². The first-order chi connectivity index (χ1) is 21.8. The van der Waals surface area contributed by atoms with Crippen LogP contribution in [0.5, 0.6) is 0 Å². The molecule has 1 aromatic carbocycles. The van der Waals surface area contributed by atoms with Gasteiger partial charge in [-0.25, -0.2) is 4.68 Å². The van der Waals surface area contributed by atoms with E-state index in [1.165, 1.54) is 10.7 Å². The van der Waals surface area contributed by atoms with E-state index in [2.05, 4.69) is 20.7 Å². The lowest BCUT2D eigenvalue weighted by atomic mass is 9.92. The van der Waals surface area contributed by atoms with Crippen LogP contribution in [0.2, 0.25) is 15.2 Å². The molecule has 45 heavy (non-hydrogen) atoms. The Bertz CT molecular complexity index is 1980. The van der Waals surface area contributed by atoms with E-state index in [1.807, 2.05) is 23.7 Å². The molecule has 1 aliphatic heterocycles. The lowest BCUT2D eigenvalue weighted by Crippen LogP contribution is -2.27. The number of hydrogen-bond donors (Lipinski definition) is 1. The van der Waals surface area contributed by atoms with E-state index in [4.69, 9.17) is 39.8 Å². The molecular formula is C32H29Cl3N8O2. The van der Waals surface area contributed by atoms with E-state index in [0.29, 0.717) is 51.8 Å². The zero-order valence-corrected chi connectivity index (χ0v) is 26.6. The fraction of sp³-hybridized carbons (Fsp3) is 0.312. The Morgan fingerprint density at radius 3 is 2.51 bits per heavy atom. The van der Waals surface area contributed by atoms with Crippen LogP contribution < -0.4 is 10.9 Å². The van der Waals surface area contributed by atoms with Crippen LogP contribution in [-0.4, -0.2) is 40.2 Å². The van der Waals surface area contributed by atoms with Gasteiger partial charge >= 0.3 is 0 Å². The topological polar surface area (TPSA) is 113 Å². The molecule has 10 nitrogen and oxygen atoms in total. The molecule has 1 fully saturated rings. The lowest BCUT2D eigenvalue weighted by Gasteiger charge is -2.28. The maximum atomic E-state index is 13.9. The van der Waals surface area contributed by atoms with E-state index >= 15 is 0 Å².